The molecular weight excluding hydrogens is 199 g/mol. The van der Waals surface area contributed by atoms with E-state index < -0.39 is 12.1 Å². The van der Waals surface area contributed by atoms with Crippen molar-refractivity contribution in [2.75, 3.05) is 7.11 Å². The Hall–Kier alpha value is -1.42. The van der Waals surface area contributed by atoms with E-state index in [0.29, 0.717) is 5.56 Å². The Morgan fingerprint density at radius 2 is 2.13 bits per heavy atom. The molecule has 1 atom stereocenters. The van der Waals surface area contributed by atoms with Crippen LogP contribution >= 0.6 is 0 Å². The number of methoxy groups -OCH3 is 1. The van der Waals surface area contributed by atoms with Crippen molar-refractivity contribution >= 4 is 5.97 Å². The molecule has 0 heterocycles. The van der Waals surface area contributed by atoms with E-state index in [2.05, 4.69) is 4.74 Å². The van der Waals surface area contributed by atoms with Gasteiger partial charge in [-0.25, -0.2) is 9.18 Å². The molecule has 0 fully saturated rings. The molecule has 0 bridgehead atoms. The van der Waals surface area contributed by atoms with Crippen molar-refractivity contribution in [1.82, 2.24) is 0 Å². The molecule has 0 aliphatic heterocycles. The topological polar surface area (TPSA) is 35.5 Å². The van der Waals surface area contributed by atoms with E-state index in [1.165, 1.54) is 13.2 Å². The summed E-state index contributed by atoms with van der Waals surface area (Å²) in [6.45, 7) is 1.62. The number of carbonyl (C=O) groups is 1. The Morgan fingerprint density at radius 1 is 1.47 bits per heavy atom. The van der Waals surface area contributed by atoms with Crippen LogP contribution in [0.3, 0.4) is 0 Å². The number of hydrogen-bond acceptors (Lipinski definition) is 3. The third-order valence-electron chi connectivity index (χ3n) is 1.98. The van der Waals surface area contributed by atoms with Gasteiger partial charge < -0.3 is 9.47 Å². The number of rotatable bonds is 4. The Kier molecular flexibility index (Phi) is 4.24. The molecule has 0 aliphatic rings. The summed E-state index contributed by atoms with van der Waals surface area (Å²) in [7, 11) is 1.28. The fourth-order valence-electron chi connectivity index (χ4n) is 1.06. The number of hydrogen-bond donors (Lipinski definition) is 0. The molecule has 0 spiro atoms. The average Bonchev–Trinajstić information content (AvgIpc) is 2.26. The second-order valence-corrected chi connectivity index (χ2v) is 3.07. The number of carbonyl (C=O) groups excluding carboxylic acids is 1. The highest BCUT2D eigenvalue weighted by Crippen LogP contribution is 2.09. The molecule has 0 saturated heterocycles. The van der Waals surface area contributed by atoms with Gasteiger partial charge in [-0.05, 0) is 13.0 Å². The SMILES string of the molecule is COC(=O)C(C)OCc1ccccc1F. The standard InChI is InChI=1S/C11H13FO3/c1-8(11(13)14-2)15-7-9-5-3-4-6-10(9)12/h3-6,8H,7H2,1-2H3. The first-order chi connectivity index (χ1) is 7.15. The predicted octanol–water partition coefficient (Wildman–Crippen LogP) is 1.90. The van der Waals surface area contributed by atoms with Crippen LogP contribution in [0, 0.1) is 5.82 Å². The van der Waals surface area contributed by atoms with Crippen LogP contribution in [0.5, 0.6) is 0 Å². The molecule has 1 rings (SSSR count). The van der Waals surface area contributed by atoms with E-state index >= 15 is 0 Å². The summed E-state index contributed by atoms with van der Waals surface area (Å²) in [6.07, 6.45) is -0.686. The summed E-state index contributed by atoms with van der Waals surface area (Å²) in [6, 6.07) is 6.27. The first kappa shape index (κ1) is 11.7. The molecule has 1 unspecified atom stereocenters. The maximum absolute atomic E-state index is 13.1. The minimum atomic E-state index is -0.686. The van der Waals surface area contributed by atoms with E-state index in [-0.39, 0.29) is 12.4 Å². The maximum Gasteiger partial charge on any atom is 0.334 e. The van der Waals surface area contributed by atoms with Crippen molar-refractivity contribution in [3.63, 3.8) is 0 Å². The molecule has 0 amide bonds. The number of benzene rings is 1. The lowest BCUT2D eigenvalue weighted by Gasteiger charge is -2.10. The van der Waals surface area contributed by atoms with Crippen LogP contribution in [0.1, 0.15) is 12.5 Å². The normalized spacial score (nSPS) is 12.2. The van der Waals surface area contributed by atoms with E-state index in [0.717, 1.165) is 0 Å². The molecule has 3 nitrogen and oxygen atoms in total. The van der Waals surface area contributed by atoms with Gasteiger partial charge >= 0.3 is 5.97 Å². The van der Waals surface area contributed by atoms with Gasteiger partial charge in [0.25, 0.3) is 0 Å². The number of esters is 1. The highest BCUT2D eigenvalue weighted by Gasteiger charge is 2.13. The van der Waals surface area contributed by atoms with E-state index in [9.17, 15) is 9.18 Å². The average molecular weight is 212 g/mol. The Balaban J connectivity index is 2.50. The zero-order valence-corrected chi connectivity index (χ0v) is 8.70. The van der Waals surface area contributed by atoms with Gasteiger partial charge in [0.05, 0.1) is 13.7 Å². The molecule has 15 heavy (non-hydrogen) atoms. The first-order valence-electron chi connectivity index (χ1n) is 4.58. The first-order valence-corrected chi connectivity index (χ1v) is 4.58. The van der Waals surface area contributed by atoms with Gasteiger partial charge in [0.2, 0.25) is 0 Å². The van der Waals surface area contributed by atoms with Gasteiger partial charge in [-0.1, -0.05) is 18.2 Å². The third kappa shape index (κ3) is 3.32. The summed E-state index contributed by atoms with van der Waals surface area (Å²) in [4.78, 5) is 11.0. The molecule has 82 valence electrons. The Morgan fingerprint density at radius 3 is 2.73 bits per heavy atom. The minimum Gasteiger partial charge on any atom is -0.467 e. The Labute approximate surface area is 87.8 Å². The molecule has 1 aromatic rings. The van der Waals surface area contributed by atoms with E-state index in [4.69, 9.17) is 4.74 Å². The second-order valence-electron chi connectivity index (χ2n) is 3.07. The van der Waals surface area contributed by atoms with E-state index in [1.54, 1.807) is 25.1 Å². The highest BCUT2D eigenvalue weighted by molar-refractivity contribution is 5.73. The molecule has 0 aliphatic carbocycles. The predicted molar refractivity (Wildman–Crippen MR) is 52.7 cm³/mol. The van der Waals surface area contributed by atoms with Gasteiger partial charge in [-0.2, -0.15) is 0 Å². The second kappa shape index (κ2) is 5.46. The van der Waals surface area contributed by atoms with Crippen LogP contribution < -0.4 is 0 Å². The van der Waals surface area contributed by atoms with Gasteiger partial charge in [0, 0.05) is 5.56 Å². The minimum absolute atomic E-state index is 0.0585. The van der Waals surface area contributed by atoms with Crippen molar-refractivity contribution in [2.45, 2.75) is 19.6 Å². The molecule has 0 radical (unpaired) electrons. The largest absolute Gasteiger partial charge is 0.467 e. The van der Waals surface area contributed by atoms with E-state index in [1.807, 2.05) is 0 Å². The highest BCUT2D eigenvalue weighted by atomic mass is 19.1. The van der Waals surface area contributed by atoms with Gasteiger partial charge in [-0.15, -0.1) is 0 Å². The fourth-order valence-corrected chi connectivity index (χ4v) is 1.06. The summed E-state index contributed by atoms with van der Waals surface area (Å²) in [5.74, 6) is -0.805. The lowest BCUT2D eigenvalue weighted by Crippen LogP contribution is -2.22. The quantitative estimate of drug-likeness (QED) is 0.715. The van der Waals surface area contributed by atoms with Crippen molar-refractivity contribution in [2.24, 2.45) is 0 Å². The molecule has 0 aromatic heterocycles. The van der Waals surface area contributed by atoms with Crippen LogP contribution in [0.25, 0.3) is 0 Å². The summed E-state index contributed by atoms with van der Waals surface area (Å²) >= 11 is 0. The van der Waals surface area contributed by atoms with Crippen molar-refractivity contribution in [1.29, 1.82) is 0 Å². The van der Waals surface area contributed by atoms with Gasteiger partial charge in [0.15, 0.2) is 6.10 Å². The van der Waals surface area contributed by atoms with Crippen molar-refractivity contribution < 1.29 is 18.7 Å². The number of halogens is 1. The summed E-state index contributed by atoms with van der Waals surface area (Å²) in [5.41, 5.74) is 0.424. The third-order valence-corrected chi connectivity index (χ3v) is 1.98. The van der Waals surface area contributed by atoms with Crippen molar-refractivity contribution in [3.8, 4) is 0 Å². The molecule has 4 heteroatoms. The maximum atomic E-state index is 13.1. The smallest absolute Gasteiger partial charge is 0.334 e. The number of ether oxygens (including phenoxy) is 2. The molecule has 0 saturated carbocycles. The molecule has 0 N–H and O–H groups in total. The summed E-state index contributed by atoms with van der Waals surface area (Å²) < 4.78 is 22.7. The van der Waals surface area contributed by atoms with Gasteiger partial charge in [0.1, 0.15) is 5.82 Å². The van der Waals surface area contributed by atoms with Crippen LogP contribution in [0.15, 0.2) is 24.3 Å². The zero-order valence-electron chi connectivity index (χ0n) is 8.70. The lowest BCUT2D eigenvalue weighted by atomic mass is 10.2. The monoisotopic (exact) mass is 212 g/mol. The molecule has 1 aromatic carbocycles. The molecular formula is C11H13FO3. The van der Waals surface area contributed by atoms with Crippen LogP contribution in [-0.2, 0) is 20.9 Å². The lowest BCUT2D eigenvalue weighted by molar-refractivity contribution is -0.153. The fraction of sp³-hybridized carbons (Fsp3) is 0.364. The van der Waals surface area contributed by atoms with Gasteiger partial charge in [-0.3, -0.25) is 0 Å². The zero-order chi connectivity index (χ0) is 11.3. The van der Waals surface area contributed by atoms with Crippen LogP contribution in [0.4, 0.5) is 4.39 Å². The van der Waals surface area contributed by atoms with Crippen molar-refractivity contribution in [3.05, 3.63) is 35.6 Å². The van der Waals surface area contributed by atoms with Crippen LogP contribution in [-0.4, -0.2) is 19.2 Å². The van der Waals surface area contributed by atoms with Crippen LogP contribution in [0.2, 0.25) is 0 Å². The Bertz CT molecular complexity index is 338. The summed E-state index contributed by atoms with van der Waals surface area (Å²) in [5, 5.41) is 0.